The molecular formula is HNS9. The molecule has 0 fully saturated rings. The van der Waals surface area contributed by atoms with Crippen molar-refractivity contribution in [2.45, 2.75) is 0 Å². The summed E-state index contributed by atoms with van der Waals surface area (Å²) in [5.41, 5.74) is 0. The highest BCUT2D eigenvalue weighted by Gasteiger charge is 1.43. The summed E-state index contributed by atoms with van der Waals surface area (Å²) in [7, 11) is 4.61. The number of nitrogens with zero attached hydrogens (tertiary/aromatic N) is 1. The SMILES string of the molecule is N#[SH]=S(=S)=S=S=S=S(=S)=S. The Balaban J connectivity index is 6.17. The summed E-state index contributed by atoms with van der Waals surface area (Å²) in [6.07, 6.45) is 0. The van der Waals surface area contributed by atoms with Crippen LogP contribution in [0.15, 0.2) is 0 Å². The Morgan fingerprint density at radius 2 is 1.80 bits per heavy atom. The van der Waals surface area contributed by atoms with Gasteiger partial charge in [-0.05, 0) is 0 Å². The van der Waals surface area contributed by atoms with E-state index in [1.807, 2.05) is 0 Å². The van der Waals surface area contributed by atoms with Crippen LogP contribution < -0.4 is 0 Å². The summed E-state index contributed by atoms with van der Waals surface area (Å²) in [6, 6.07) is 0. The van der Waals surface area contributed by atoms with E-state index in [-0.39, 0.29) is 9.95 Å². The molecule has 0 bridgehead atoms. The molecule has 0 saturated heterocycles. The minimum atomic E-state index is -0.435. The van der Waals surface area contributed by atoms with Gasteiger partial charge in [-0.2, -0.15) is 4.61 Å². The van der Waals surface area contributed by atoms with Gasteiger partial charge in [-0.25, -0.2) is 0 Å². The lowest BCUT2D eigenvalue weighted by Crippen LogP contribution is -1.43. The highest BCUT2D eigenvalue weighted by Crippen LogP contribution is 1.43. The molecule has 0 aromatic carbocycles. The van der Waals surface area contributed by atoms with Crippen molar-refractivity contribution in [2.75, 3.05) is 0 Å². The first-order valence-corrected chi connectivity index (χ1v) is 12.7. The quantitative estimate of drug-likeness (QED) is 0.622. The second-order valence-corrected chi connectivity index (χ2v) is 17.6. The van der Waals surface area contributed by atoms with Crippen LogP contribution >= 0.6 is 0 Å². The summed E-state index contributed by atoms with van der Waals surface area (Å²) in [6.45, 7) is -0.847. The normalized spacial score (nSPS) is 7.50. The van der Waals surface area contributed by atoms with Crippen molar-refractivity contribution in [3.05, 3.63) is 0 Å². The Hall–Kier alpha value is 1.69. The van der Waals surface area contributed by atoms with Crippen LogP contribution in [0.4, 0.5) is 0 Å². The van der Waals surface area contributed by atoms with Crippen LogP contribution in [-0.4, -0.2) is 0 Å². The van der Waals surface area contributed by atoms with Crippen LogP contribution in [-0.2, 0) is 83.3 Å². The fourth-order valence-electron chi connectivity index (χ4n) is 0.0714. The molecule has 0 spiro atoms. The molecule has 10 heteroatoms. The van der Waals surface area contributed by atoms with Crippen molar-refractivity contribution in [2.24, 2.45) is 0 Å². The van der Waals surface area contributed by atoms with E-state index in [0.717, 1.165) is 0 Å². The molecule has 60 valence electrons. The van der Waals surface area contributed by atoms with E-state index in [2.05, 4.69) is 0 Å². The average Bonchev–Trinajstić information content (AvgIpc) is 1.87. The van der Waals surface area contributed by atoms with Crippen LogP contribution in [0.3, 0.4) is 0 Å². The van der Waals surface area contributed by atoms with Crippen LogP contribution in [0.25, 0.3) is 0 Å². The first-order chi connectivity index (χ1) is 4.66. The molecule has 10 heavy (non-hydrogen) atoms. The minimum Gasteiger partial charge on any atom is -0.181 e. The predicted octanol–water partition coefficient (Wildman–Crippen LogP) is -0.274. The molecule has 0 aliphatic rings. The molecule has 0 aliphatic heterocycles. The zero-order valence-electron chi connectivity index (χ0n) is 4.16. The third-order valence-electron chi connectivity index (χ3n) is 0.236. The highest BCUT2D eigenvalue weighted by atomic mass is 33.5. The topological polar surface area (TPSA) is 23.8 Å². The fraction of sp³-hybridized carbons (Fsp3) is 0. The number of hydrogen-bond acceptors (Lipinski definition) is 4. The fourth-order valence-corrected chi connectivity index (χ4v) is 15.1. The maximum Gasteiger partial charge on any atom is 0.00803 e. The third kappa shape index (κ3) is 7.79. The number of rotatable bonds is 0. The number of thiol groups is 1. The Labute approximate surface area is 86.5 Å². The van der Waals surface area contributed by atoms with Crippen molar-refractivity contribution in [3.63, 3.8) is 0 Å². The van der Waals surface area contributed by atoms with Gasteiger partial charge in [0.05, 0.1) is 0 Å². The molecule has 0 aromatic heterocycles. The molecule has 0 atom stereocenters. The van der Waals surface area contributed by atoms with E-state index in [9.17, 15) is 0 Å². The standard InChI is InChI=1S/HNS9/c1-5-10(4)8-6-7-9(2)3/h5H. The van der Waals surface area contributed by atoms with Gasteiger partial charge in [0.15, 0.2) is 0 Å². The van der Waals surface area contributed by atoms with Crippen molar-refractivity contribution in [1.82, 2.24) is 0 Å². The zero-order valence-corrected chi connectivity index (χ0v) is 11.6. The van der Waals surface area contributed by atoms with Gasteiger partial charge in [0.25, 0.3) is 0 Å². The molecule has 0 unspecified atom stereocenters. The summed E-state index contributed by atoms with van der Waals surface area (Å²) >= 11 is 14.3. The molecule has 0 amide bonds. The van der Waals surface area contributed by atoms with Crippen LogP contribution in [0, 0.1) is 4.61 Å². The summed E-state index contributed by atoms with van der Waals surface area (Å²) < 4.78 is 8.49. The van der Waals surface area contributed by atoms with Crippen LogP contribution in [0.1, 0.15) is 0 Å². The van der Waals surface area contributed by atoms with E-state index in [1.54, 1.807) is 0 Å². The molecule has 0 N–H and O–H groups in total. The summed E-state index contributed by atoms with van der Waals surface area (Å²) in [5, 5.41) is 0. The molecular weight excluding hydrogens is 303 g/mol. The van der Waals surface area contributed by atoms with Gasteiger partial charge in [0.1, 0.15) is 0 Å². The lowest BCUT2D eigenvalue weighted by atomic mass is 14.0. The molecule has 0 radical (unpaired) electrons. The second kappa shape index (κ2) is 7.35. The van der Waals surface area contributed by atoms with E-state index in [1.165, 1.54) is 26.6 Å². The monoisotopic (exact) mass is 303 g/mol. The van der Waals surface area contributed by atoms with E-state index in [0.29, 0.717) is 0 Å². The van der Waals surface area contributed by atoms with Crippen molar-refractivity contribution < 1.29 is 0 Å². The largest absolute Gasteiger partial charge is 0.181 e. The first kappa shape index (κ1) is 11.7. The highest BCUT2D eigenvalue weighted by molar-refractivity contribution is 8.79. The van der Waals surface area contributed by atoms with Crippen molar-refractivity contribution >= 4 is 83.3 Å². The van der Waals surface area contributed by atoms with Gasteiger partial charge < -0.3 is 0 Å². The molecule has 0 saturated carbocycles. The van der Waals surface area contributed by atoms with Crippen LogP contribution in [0.2, 0.25) is 0 Å². The van der Waals surface area contributed by atoms with Crippen LogP contribution in [0.5, 0.6) is 0 Å². The smallest absolute Gasteiger partial charge is 0.00803 e. The Morgan fingerprint density at radius 1 is 1.20 bits per heavy atom. The van der Waals surface area contributed by atoms with E-state index < -0.39 is 13.1 Å². The maximum absolute atomic E-state index is 8.49. The van der Waals surface area contributed by atoms with Gasteiger partial charge in [-0.3, -0.25) is 0 Å². The molecule has 1 nitrogen and oxygen atoms in total. The predicted molar refractivity (Wildman–Crippen MR) is 69.4 cm³/mol. The zero-order chi connectivity index (χ0) is 7.98. The maximum atomic E-state index is 8.49. The van der Waals surface area contributed by atoms with E-state index >= 15 is 0 Å². The van der Waals surface area contributed by atoms with Crippen molar-refractivity contribution in [3.8, 4) is 0 Å². The van der Waals surface area contributed by atoms with Crippen molar-refractivity contribution in [1.29, 1.82) is 4.61 Å². The lowest BCUT2D eigenvalue weighted by molar-refractivity contribution is 1.67. The summed E-state index contributed by atoms with van der Waals surface area (Å²) in [5.74, 6) is 0. The van der Waals surface area contributed by atoms with E-state index in [4.69, 9.17) is 38.2 Å². The average molecular weight is 304 g/mol. The van der Waals surface area contributed by atoms with Gasteiger partial charge in [-0.15, -0.1) is 0 Å². The first-order valence-electron chi connectivity index (χ1n) is 1.55. The van der Waals surface area contributed by atoms with Gasteiger partial charge in [0, 0.05) is 83.3 Å². The van der Waals surface area contributed by atoms with Gasteiger partial charge in [0.2, 0.25) is 0 Å². The number of hydrogen-bond donors (Lipinski definition) is 1. The lowest BCUT2D eigenvalue weighted by Gasteiger charge is -1.43. The third-order valence-corrected chi connectivity index (χ3v) is 15.5. The van der Waals surface area contributed by atoms with Gasteiger partial charge in [-0.1, -0.05) is 0 Å². The Bertz CT molecular complexity index is 510. The van der Waals surface area contributed by atoms with Gasteiger partial charge >= 0.3 is 0 Å². The minimum absolute atomic E-state index is 0.262. The Morgan fingerprint density at radius 3 is 2.20 bits per heavy atom. The Kier molecular flexibility index (Phi) is 8.59. The molecule has 0 aliphatic carbocycles. The molecule has 0 rings (SSSR count). The summed E-state index contributed by atoms with van der Waals surface area (Å²) in [4.78, 5) is 0. The molecule has 0 heterocycles. The molecule has 0 aromatic rings. The second-order valence-electron chi connectivity index (χ2n) is 0.707.